The summed E-state index contributed by atoms with van der Waals surface area (Å²) in [5.41, 5.74) is 0.861. The molecule has 0 aromatic carbocycles. The van der Waals surface area contributed by atoms with E-state index in [9.17, 15) is 14.4 Å². The van der Waals surface area contributed by atoms with Crippen molar-refractivity contribution in [1.29, 1.82) is 0 Å². The first-order valence-electron chi connectivity index (χ1n) is 8.32. The Balaban J connectivity index is 1.76. The van der Waals surface area contributed by atoms with Gasteiger partial charge in [0.2, 0.25) is 12.3 Å². The van der Waals surface area contributed by atoms with Gasteiger partial charge in [-0.3, -0.25) is 19.4 Å². The predicted octanol–water partition coefficient (Wildman–Crippen LogP) is 0.579. The molecule has 29 heavy (non-hydrogen) atoms. The second kappa shape index (κ2) is 8.58. The quantitative estimate of drug-likeness (QED) is 0.249. The van der Waals surface area contributed by atoms with Crippen molar-refractivity contribution >= 4 is 41.2 Å². The smallest absolute Gasteiger partial charge is 0.288 e. The zero-order valence-corrected chi connectivity index (χ0v) is 16.5. The third-order valence-electron chi connectivity index (χ3n) is 3.86. The fourth-order valence-corrected chi connectivity index (χ4v) is 3.11. The van der Waals surface area contributed by atoms with Gasteiger partial charge in [-0.2, -0.15) is 0 Å². The summed E-state index contributed by atoms with van der Waals surface area (Å²) in [4.78, 5) is 49.5. The Hall–Kier alpha value is -3.64. The lowest BCUT2D eigenvalue weighted by Gasteiger charge is -2.16. The summed E-state index contributed by atoms with van der Waals surface area (Å²) >= 11 is 1.49. The number of amides is 3. The Morgan fingerprint density at radius 2 is 2.07 bits per heavy atom. The number of carbonyl (C=O) groups excluding carboxylic acids is 3. The monoisotopic (exact) mass is 414 g/mol. The number of nitrogens with two attached hydrogens (primary N) is 1. The van der Waals surface area contributed by atoms with Gasteiger partial charge in [0.15, 0.2) is 11.5 Å². The fraction of sp³-hybridized carbons (Fsp3) is 0.176. The maximum Gasteiger partial charge on any atom is 0.288 e. The Bertz CT molecular complexity index is 1010. The molecule has 0 radical (unpaired) electrons. The molecule has 3 aromatic rings. The van der Waals surface area contributed by atoms with Gasteiger partial charge in [0, 0.05) is 37.4 Å². The average molecular weight is 414 g/mol. The molecule has 12 heteroatoms. The molecule has 0 aliphatic carbocycles. The van der Waals surface area contributed by atoms with E-state index in [1.165, 1.54) is 36.3 Å². The average Bonchev–Trinajstić information content (AvgIpc) is 3.37. The molecule has 0 unspecified atom stereocenters. The summed E-state index contributed by atoms with van der Waals surface area (Å²) in [6, 6.07) is 3.46. The van der Waals surface area contributed by atoms with E-state index < -0.39 is 11.8 Å². The Labute approximate surface area is 169 Å². The lowest BCUT2D eigenvalue weighted by atomic mass is 10.3. The third kappa shape index (κ3) is 4.44. The predicted molar refractivity (Wildman–Crippen MR) is 107 cm³/mol. The van der Waals surface area contributed by atoms with Gasteiger partial charge in [-0.25, -0.2) is 20.8 Å². The number of rotatable bonds is 7. The number of anilines is 2. The maximum absolute atomic E-state index is 12.4. The maximum atomic E-state index is 12.4. The molecule has 0 saturated carbocycles. The van der Waals surface area contributed by atoms with Crippen LogP contribution in [0.25, 0.3) is 10.6 Å². The van der Waals surface area contributed by atoms with Gasteiger partial charge in [-0.15, -0.1) is 11.3 Å². The first-order chi connectivity index (χ1) is 13.9. The van der Waals surface area contributed by atoms with Crippen LogP contribution < -0.4 is 16.1 Å². The number of nitrogens with zero attached hydrogens (tertiary/aromatic N) is 6. The summed E-state index contributed by atoms with van der Waals surface area (Å²) in [5, 5.41) is 6.20. The fourth-order valence-electron chi connectivity index (χ4n) is 2.48. The van der Waals surface area contributed by atoms with Crippen molar-refractivity contribution in [2.24, 2.45) is 5.84 Å². The van der Waals surface area contributed by atoms with Crippen LogP contribution >= 0.6 is 11.3 Å². The summed E-state index contributed by atoms with van der Waals surface area (Å²) < 4.78 is 1.32. The van der Waals surface area contributed by atoms with Crippen molar-refractivity contribution in [1.82, 2.24) is 24.5 Å². The van der Waals surface area contributed by atoms with Crippen LogP contribution in [0.5, 0.6) is 0 Å². The van der Waals surface area contributed by atoms with Gasteiger partial charge in [-0.05, 0) is 12.1 Å². The van der Waals surface area contributed by atoms with Crippen molar-refractivity contribution in [3.63, 3.8) is 0 Å². The molecule has 0 aliphatic rings. The normalized spacial score (nSPS) is 10.4. The molecule has 3 amide bonds. The van der Waals surface area contributed by atoms with Crippen LogP contribution in [-0.2, 0) is 16.1 Å². The zero-order valence-electron chi connectivity index (χ0n) is 15.6. The molecule has 0 aliphatic heterocycles. The largest absolute Gasteiger partial charge is 0.315 e. The lowest BCUT2D eigenvalue weighted by molar-refractivity contribution is -0.116. The zero-order chi connectivity index (χ0) is 21.0. The standard InChI is InChI=1S/C17H18N8O3S/c1-23(10-26)15-14(17(28)24(2)18)25(9-21-15)8-13(27)22-12-4-3-11(7-20-12)16-19-5-6-29-16/h3-7,9-10H,8,18H2,1-2H3,(H,20,22,27). The first-order valence-corrected chi connectivity index (χ1v) is 9.20. The van der Waals surface area contributed by atoms with Gasteiger partial charge in [0.25, 0.3) is 5.91 Å². The molecule has 0 saturated heterocycles. The minimum Gasteiger partial charge on any atom is -0.315 e. The van der Waals surface area contributed by atoms with Crippen LogP contribution in [0.1, 0.15) is 10.5 Å². The van der Waals surface area contributed by atoms with E-state index in [4.69, 9.17) is 5.84 Å². The molecule has 3 rings (SSSR count). The van der Waals surface area contributed by atoms with E-state index in [0.29, 0.717) is 12.2 Å². The molecule has 0 atom stereocenters. The van der Waals surface area contributed by atoms with E-state index in [0.717, 1.165) is 20.5 Å². The minimum atomic E-state index is -0.593. The summed E-state index contributed by atoms with van der Waals surface area (Å²) in [7, 11) is 2.80. The first kappa shape index (κ1) is 20.1. The Morgan fingerprint density at radius 3 is 2.66 bits per heavy atom. The Morgan fingerprint density at radius 1 is 1.28 bits per heavy atom. The van der Waals surface area contributed by atoms with Crippen molar-refractivity contribution in [3.05, 3.63) is 41.9 Å². The second-order valence-electron chi connectivity index (χ2n) is 5.99. The van der Waals surface area contributed by atoms with Crippen LogP contribution in [0.2, 0.25) is 0 Å². The van der Waals surface area contributed by atoms with Crippen molar-refractivity contribution in [2.75, 3.05) is 24.3 Å². The molecule has 150 valence electrons. The van der Waals surface area contributed by atoms with E-state index in [1.807, 2.05) is 5.38 Å². The van der Waals surface area contributed by atoms with Gasteiger partial charge < -0.3 is 14.8 Å². The SMILES string of the molecule is CN(N)C(=O)c1c(N(C)C=O)ncn1CC(=O)Nc1ccc(-c2nccs2)cn1. The molecule has 0 spiro atoms. The highest BCUT2D eigenvalue weighted by Crippen LogP contribution is 2.22. The number of aromatic nitrogens is 4. The highest BCUT2D eigenvalue weighted by Gasteiger charge is 2.24. The third-order valence-corrected chi connectivity index (χ3v) is 4.68. The molecule has 3 heterocycles. The molecular weight excluding hydrogens is 396 g/mol. The van der Waals surface area contributed by atoms with E-state index in [1.54, 1.807) is 24.5 Å². The van der Waals surface area contributed by atoms with Crippen LogP contribution in [0.3, 0.4) is 0 Å². The van der Waals surface area contributed by atoms with E-state index in [-0.39, 0.29) is 18.1 Å². The summed E-state index contributed by atoms with van der Waals surface area (Å²) in [6.45, 7) is -0.218. The van der Waals surface area contributed by atoms with Gasteiger partial charge >= 0.3 is 0 Å². The van der Waals surface area contributed by atoms with Gasteiger partial charge in [0.1, 0.15) is 17.4 Å². The molecule has 3 N–H and O–H groups in total. The number of carbonyl (C=O) groups is 3. The lowest BCUT2D eigenvalue weighted by Crippen LogP contribution is -2.36. The number of hydrogen-bond donors (Lipinski definition) is 2. The summed E-state index contributed by atoms with van der Waals surface area (Å²) in [5.74, 6) is 4.97. The van der Waals surface area contributed by atoms with Crippen molar-refractivity contribution in [3.8, 4) is 10.6 Å². The van der Waals surface area contributed by atoms with Crippen molar-refractivity contribution < 1.29 is 14.4 Å². The van der Waals surface area contributed by atoms with E-state index >= 15 is 0 Å². The van der Waals surface area contributed by atoms with Crippen LogP contribution in [0, 0.1) is 0 Å². The van der Waals surface area contributed by atoms with Gasteiger partial charge in [-0.1, -0.05) is 0 Å². The molecule has 0 bridgehead atoms. The number of hydrazine groups is 1. The second-order valence-corrected chi connectivity index (χ2v) is 6.89. The van der Waals surface area contributed by atoms with Crippen molar-refractivity contribution in [2.45, 2.75) is 6.54 Å². The van der Waals surface area contributed by atoms with E-state index in [2.05, 4.69) is 20.3 Å². The van der Waals surface area contributed by atoms with Crippen LogP contribution in [-0.4, -0.2) is 56.8 Å². The number of nitrogens with one attached hydrogen (secondary N) is 1. The number of thiazole rings is 1. The number of imidazole rings is 1. The molecule has 11 nitrogen and oxygen atoms in total. The number of hydrogen-bond acceptors (Lipinski definition) is 8. The molecule has 3 aromatic heterocycles. The summed E-state index contributed by atoms with van der Waals surface area (Å²) in [6.07, 6.45) is 5.12. The van der Waals surface area contributed by atoms with Gasteiger partial charge in [0.05, 0.1) is 6.33 Å². The molecule has 0 fully saturated rings. The topological polar surface area (TPSA) is 139 Å². The van der Waals surface area contributed by atoms with Crippen LogP contribution in [0.4, 0.5) is 11.6 Å². The molecular formula is C17H18N8O3S. The van der Waals surface area contributed by atoms with Crippen LogP contribution in [0.15, 0.2) is 36.2 Å². The number of pyridine rings is 1. The highest BCUT2D eigenvalue weighted by molar-refractivity contribution is 7.13. The highest BCUT2D eigenvalue weighted by atomic mass is 32.1. The Kier molecular flexibility index (Phi) is 5.95. The minimum absolute atomic E-state index is 0.0202.